The number of rotatable bonds is 13. The minimum absolute atomic E-state index is 0.389. The first-order valence-corrected chi connectivity index (χ1v) is 7.23. The minimum Gasteiger partial charge on any atom is -0.474 e. The van der Waals surface area contributed by atoms with E-state index in [1.165, 1.54) is 25.7 Å². The van der Waals surface area contributed by atoms with Crippen LogP contribution in [0.4, 0.5) is 0 Å². The molecule has 0 unspecified atom stereocenters. The second kappa shape index (κ2) is 14.7. The topological polar surface area (TPSA) is 58.9 Å². The van der Waals surface area contributed by atoms with Crippen molar-refractivity contribution in [1.29, 1.82) is 0 Å². The fourth-order valence-corrected chi connectivity index (χ4v) is 1.87. The molecular weight excluding hydrogens is 242 g/mol. The number of carbonyl (C=O) groups excluding carboxylic acids is 1. The van der Waals surface area contributed by atoms with Gasteiger partial charge in [0.25, 0.3) is 0 Å². The van der Waals surface area contributed by atoms with Crippen LogP contribution in [-0.2, 0) is 9.53 Å². The van der Waals surface area contributed by atoms with Crippen molar-refractivity contribution >= 4 is 12.2 Å². The summed E-state index contributed by atoms with van der Waals surface area (Å²) in [7, 11) is 0. The molecule has 0 bridgehead atoms. The third kappa shape index (κ3) is 12.9. The van der Waals surface area contributed by atoms with Gasteiger partial charge in [0.05, 0.1) is 0 Å². The van der Waals surface area contributed by atoms with Crippen molar-refractivity contribution in [2.24, 2.45) is 5.16 Å². The zero-order valence-electron chi connectivity index (χ0n) is 11.9. The second-order valence-corrected chi connectivity index (χ2v) is 4.63. The highest BCUT2D eigenvalue weighted by atomic mass is 16.5. The maximum absolute atomic E-state index is 10.1. The van der Waals surface area contributed by atoms with Crippen LogP contribution in [0.15, 0.2) is 17.8 Å². The number of carbonyl (C=O) groups is 1. The average molecular weight is 269 g/mol. The summed E-state index contributed by atoms with van der Waals surface area (Å²) in [6.45, 7) is 3.93. The molecule has 0 saturated heterocycles. The van der Waals surface area contributed by atoms with Gasteiger partial charge in [-0.25, -0.2) is 0 Å². The summed E-state index contributed by atoms with van der Waals surface area (Å²) in [5.74, 6) is 0.397. The maximum Gasteiger partial charge on any atom is 0.225 e. The van der Waals surface area contributed by atoms with Crippen molar-refractivity contribution in [2.75, 3.05) is 6.61 Å². The SMILES string of the molecule is C=CCOC(CCCCCCCCCCC=O)=NO. The Labute approximate surface area is 116 Å². The van der Waals surface area contributed by atoms with Crippen LogP contribution in [0.3, 0.4) is 0 Å². The summed E-state index contributed by atoms with van der Waals surface area (Å²) < 4.78 is 5.18. The van der Waals surface area contributed by atoms with Crippen LogP contribution >= 0.6 is 0 Å². The Hall–Kier alpha value is -1.32. The molecule has 0 radical (unpaired) electrons. The number of oxime groups is 1. The van der Waals surface area contributed by atoms with E-state index in [4.69, 9.17) is 9.94 Å². The first kappa shape index (κ1) is 17.7. The molecule has 0 spiro atoms. The summed E-state index contributed by atoms with van der Waals surface area (Å²) in [5, 5.41) is 11.8. The van der Waals surface area contributed by atoms with Crippen molar-refractivity contribution in [1.82, 2.24) is 0 Å². The van der Waals surface area contributed by atoms with Gasteiger partial charge in [-0.1, -0.05) is 56.3 Å². The van der Waals surface area contributed by atoms with E-state index in [9.17, 15) is 4.79 Å². The number of unbranched alkanes of at least 4 members (excludes halogenated alkanes) is 8. The number of aldehydes is 1. The van der Waals surface area contributed by atoms with Gasteiger partial charge < -0.3 is 14.7 Å². The number of nitrogens with zero attached hydrogens (tertiary/aromatic N) is 1. The quantitative estimate of drug-likeness (QED) is 0.104. The molecule has 0 aliphatic carbocycles. The Bertz CT molecular complexity index is 252. The summed E-state index contributed by atoms with van der Waals surface area (Å²) in [6, 6.07) is 0. The van der Waals surface area contributed by atoms with E-state index in [-0.39, 0.29) is 0 Å². The van der Waals surface area contributed by atoms with Crippen LogP contribution in [0.25, 0.3) is 0 Å². The van der Waals surface area contributed by atoms with Gasteiger partial charge in [-0.3, -0.25) is 0 Å². The summed E-state index contributed by atoms with van der Waals surface area (Å²) in [4.78, 5) is 10.1. The second-order valence-electron chi connectivity index (χ2n) is 4.63. The van der Waals surface area contributed by atoms with Crippen molar-refractivity contribution in [3.8, 4) is 0 Å². The monoisotopic (exact) mass is 269 g/mol. The van der Waals surface area contributed by atoms with Crippen LogP contribution in [0.2, 0.25) is 0 Å². The first-order chi connectivity index (χ1) is 9.35. The van der Waals surface area contributed by atoms with Crippen LogP contribution in [0.1, 0.15) is 64.2 Å². The Morgan fingerprint density at radius 3 is 2.16 bits per heavy atom. The van der Waals surface area contributed by atoms with Crippen LogP contribution in [0, 0.1) is 0 Å². The molecule has 4 heteroatoms. The molecule has 0 atom stereocenters. The predicted molar refractivity (Wildman–Crippen MR) is 77.6 cm³/mol. The summed E-state index contributed by atoms with van der Waals surface area (Å²) >= 11 is 0. The molecule has 1 N–H and O–H groups in total. The smallest absolute Gasteiger partial charge is 0.225 e. The van der Waals surface area contributed by atoms with E-state index in [0.29, 0.717) is 25.3 Å². The lowest BCUT2D eigenvalue weighted by molar-refractivity contribution is -0.107. The van der Waals surface area contributed by atoms with Crippen LogP contribution in [0.5, 0.6) is 0 Å². The lowest BCUT2D eigenvalue weighted by atomic mass is 10.1. The number of hydrogen-bond donors (Lipinski definition) is 1. The highest BCUT2D eigenvalue weighted by Crippen LogP contribution is 2.10. The summed E-state index contributed by atoms with van der Waals surface area (Å²) in [5.41, 5.74) is 0. The highest BCUT2D eigenvalue weighted by Gasteiger charge is 2.00. The largest absolute Gasteiger partial charge is 0.474 e. The molecule has 0 aromatic rings. The predicted octanol–water partition coefficient (Wildman–Crippen LogP) is 4.08. The average Bonchev–Trinajstić information content (AvgIpc) is 2.44. The van der Waals surface area contributed by atoms with Gasteiger partial charge in [-0.15, -0.1) is 0 Å². The Morgan fingerprint density at radius 2 is 1.63 bits per heavy atom. The Balaban J connectivity index is 3.25. The molecule has 110 valence electrons. The lowest BCUT2D eigenvalue weighted by Gasteiger charge is -2.05. The zero-order valence-corrected chi connectivity index (χ0v) is 11.9. The van der Waals surface area contributed by atoms with Crippen LogP contribution < -0.4 is 0 Å². The standard InChI is InChI=1S/C15H27NO3/c1-2-14-19-15(16-18)12-10-8-6-4-3-5-7-9-11-13-17/h2,13,18H,1,3-12,14H2. The fourth-order valence-electron chi connectivity index (χ4n) is 1.87. The van der Waals surface area contributed by atoms with Gasteiger partial charge in [0, 0.05) is 12.8 Å². The molecule has 0 aliphatic rings. The van der Waals surface area contributed by atoms with E-state index in [1.807, 2.05) is 0 Å². The van der Waals surface area contributed by atoms with Crippen molar-refractivity contribution in [2.45, 2.75) is 64.2 Å². The third-order valence-corrected chi connectivity index (χ3v) is 2.94. The first-order valence-electron chi connectivity index (χ1n) is 7.23. The minimum atomic E-state index is 0.389. The van der Waals surface area contributed by atoms with Gasteiger partial charge in [-0.2, -0.15) is 0 Å². The normalized spacial score (nSPS) is 11.3. The molecule has 0 fully saturated rings. The molecule has 0 amide bonds. The van der Waals surface area contributed by atoms with E-state index in [0.717, 1.165) is 32.0 Å². The molecule has 0 rings (SSSR count). The maximum atomic E-state index is 10.1. The van der Waals surface area contributed by atoms with E-state index in [2.05, 4.69) is 11.7 Å². The van der Waals surface area contributed by atoms with Gasteiger partial charge in [-0.05, 0) is 12.8 Å². The Kier molecular flexibility index (Phi) is 13.7. The molecule has 0 aromatic carbocycles. The van der Waals surface area contributed by atoms with Crippen molar-refractivity contribution < 1.29 is 14.7 Å². The molecule has 0 saturated carbocycles. The van der Waals surface area contributed by atoms with E-state index < -0.39 is 0 Å². The molecule has 19 heavy (non-hydrogen) atoms. The van der Waals surface area contributed by atoms with Crippen molar-refractivity contribution in [3.05, 3.63) is 12.7 Å². The van der Waals surface area contributed by atoms with Gasteiger partial charge in [0.2, 0.25) is 5.90 Å². The molecular formula is C15H27NO3. The molecule has 0 heterocycles. The lowest BCUT2D eigenvalue weighted by Crippen LogP contribution is -2.04. The zero-order chi connectivity index (χ0) is 14.2. The molecule has 0 aromatic heterocycles. The van der Waals surface area contributed by atoms with Gasteiger partial charge >= 0.3 is 0 Å². The summed E-state index contributed by atoms with van der Waals surface area (Å²) in [6.07, 6.45) is 13.2. The van der Waals surface area contributed by atoms with Crippen molar-refractivity contribution in [3.63, 3.8) is 0 Å². The van der Waals surface area contributed by atoms with Gasteiger partial charge in [0.1, 0.15) is 12.9 Å². The molecule has 4 nitrogen and oxygen atoms in total. The van der Waals surface area contributed by atoms with Crippen LogP contribution in [-0.4, -0.2) is 24.0 Å². The van der Waals surface area contributed by atoms with E-state index >= 15 is 0 Å². The van der Waals surface area contributed by atoms with Gasteiger partial charge in [0.15, 0.2) is 0 Å². The highest BCUT2D eigenvalue weighted by molar-refractivity contribution is 5.75. The third-order valence-electron chi connectivity index (χ3n) is 2.94. The number of ether oxygens (including phenoxy) is 1. The Morgan fingerprint density at radius 1 is 1.05 bits per heavy atom. The van der Waals surface area contributed by atoms with E-state index in [1.54, 1.807) is 6.08 Å². The number of hydrogen-bond acceptors (Lipinski definition) is 4. The molecule has 0 aliphatic heterocycles. The fraction of sp³-hybridized carbons (Fsp3) is 0.733.